The summed E-state index contributed by atoms with van der Waals surface area (Å²) >= 11 is 5.70. The van der Waals surface area contributed by atoms with Crippen LogP contribution in [-0.2, 0) is 16.6 Å². The zero-order chi connectivity index (χ0) is 15.6. The monoisotopic (exact) mass is 333 g/mol. The molecule has 2 rings (SSSR count). The number of hydrogen-bond donors (Lipinski definition) is 2. The molecule has 0 radical (unpaired) electrons. The van der Waals surface area contributed by atoms with E-state index in [2.05, 4.69) is 0 Å². The highest BCUT2D eigenvalue weighted by Crippen LogP contribution is 2.26. The number of rotatable bonds is 4. The molecule has 2 aromatic rings. The number of sulfonamides is 1. The molecule has 2 N–H and O–H groups in total. The summed E-state index contributed by atoms with van der Waals surface area (Å²) in [6.07, 6.45) is 0. The SMILES string of the molecule is O=S(=O)(Nc1ccccc1F)c1cc(Cl)cc(CO)c1F. The van der Waals surface area contributed by atoms with Gasteiger partial charge in [0.25, 0.3) is 10.0 Å². The van der Waals surface area contributed by atoms with Crippen LogP contribution in [0.2, 0.25) is 5.02 Å². The third-order valence-electron chi connectivity index (χ3n) is 2.66. The van der Waals surface area contributed by atoms with E-state index in [0.29, 0.717) is 0 Å². The second-order valence-electron chi connectivity index (χ2n) is 4.12. The van der Waals surface area contributed by atoms with Crippen molar-refractivity contribution in [3.63, 3.8) is 0 Å². The fourth-order valence-corrected chi connectivity index (χ4v) is 3.19. The van der Waals surface area contributed by atoms with Crippen molar-refractivity contribution in [2.45, 2.75) is 11.5 Å². The fraction of sp³-hybridized carbons (Fsp3) is 0.0769. The smallest absolute Gasteiger partial charge is 0.264 e. The predicted octanol–water partition coefficient (Wildman–Crippen LogP) is 2.91. The first-order valence-electron chi connectivity index (χ1n) is 5.71. The summed E-state index contributed by atoms with van der Waals surface area (Å²) in [6.45, 7) is -0.714. The molecule has 8 heteroatoms. The Morgan fingerprint density at radius 2 is 1.86 bits per heavy atom. The van der Waals surface area contributed by atoms with E-state index in [4.69, 9.17) is 16.7 Å². The van der Waals surface area contributed by atoms with Gasteiger partial charge in [0.05, 0.1) is 12.3 Å². The zero-order valence-corrected chi connectivity index (χ0v) is 12.0. The van der Waals surface area contributed by atoms with Crippen LogP contribution >= 0.6 is 11.6 Å². The minimum Gasteiger partial charge on any atom is -0.392 e. The summed E-state index contributed by atoms with van der Waals surface area (Å²) in [7, 11) is -4.38. The molecule has 0 saturated carbocycles. The van der Waals surface area contributed by atoms with E-state index in [-0.39, 0.29) is 16.3 Å². The van der Waals surface area contributed by atoms with Crippen molar-refractivity contribution in [1.82, 2.24) is 0 Å². The van der Waals surface area contributed by atoms with Gasteiger partial charge < -0.3 is 5.11 Å². The first-order valence-corrected chi connectivity index (χ1v) is 7.57. The maximum atomic E-state index is 14.0. The van der Waals surface area contributed by atoms with Gasteiger partial charge in [0.15, 0.2) is 0 Å². The maximum Gasteiger partial charge on any atom is 0.264 e. The largest absolute Gasteiger partial charge is 0.392 e. The second kappa shape index (κ2) is 5.97. The van der Waals surface area contributed by atoms with E-state index in [1.165, 1.54) is 18.2 Å². The number of aliphatic hydroxyl groups is 1. The minimum atomic E-state index is -4.38. The van der Waals surface area contributed by atoms with Gasteiger partial charge in [-0.2, -0.15) is 0 Å². The van der Waals surface area contributed by atoms with Gasteiger partial charge in [-0.05, 0) is 24.3 Å². The maximum absolute atomic E-state index is 14.0. The standard InChI is InChI=1S/C13H10ClF2NO3S/c14-9-5-8(7-18)13(16)12(6-9)21(19,20)17-11-4-2-1-3-10(11)15/h1-6,17-18H,7H2. The molecule has 0 unspecified atom stereocenters. The molecule has 0 spiro atoms. The highest BCUT2D eigenvalue weighted by molar-refractivity contribution is 7.92. The molecule has 0 aliphatic carbocycles. The van der Waals surface area contributed by atoms with E-state index >= 15 is 0 Å². The van der Waals surface area contributed by atoms with Crippen LogP contribution in [0.4, 0.5) is 14.5 Å². The van der Waals surface area contributed by atoms with Crippen LogP contribution in [-0.4, -0.2) is 13.5 Å². The normalized spacial score (nSPS) is 11.4. The zero-order valence-electron chi connectivity index (χ0n) is 10.5. The van der Waals surface area contributed by atoms with Crippen LogP contribution in [0.15, 0.2) is 41.3 Å². The van der Waals surface area contributed by atoms with Gasteiger partial charge in [-0.1, -0.05) is 23.7 Å². The Hall–Kier alpha value is -1.70. The molecular formula is C13H10ClF2NO3S. The third kappa shape index (κ3) is 3.31. The summed E-state index contributed by atoms with van der Waals surface area (Å²) < 4.78 is 53.7. The highest BCUT2D eigenvalue weighted by Gasteiger charge is 2.23. The number of halogens is 3. The number of anilines is 1. The molecule has 21 heavy (non-hydrogen) atoms. The van der Waals surface area contributed by atoms with Gasteiger partial charge in [-0.3, -0.25) is 4.72 Å². The van der Waals surface area contributed by atoms with Crippen molar-refractivity contribution in [1.29, 1.82) is 0 Å². The van der Waals surface area contributed by atoms with E-state index in [1.54, 1.807) is 0 Å². The fourth-order valence-electron chi connectivity index (χ4n) is 1.67. The van der Waals surface area contributed by atoms with E-state index in [0.717, 1.165) is 18.2 Å². The minimum absolute atomic E-state index is 0.0608. The highest BCUT2D eigenvalue weighted by atomic mass is 35.5. The first kappa shape index (κ1) is 15.7. The Labute approximate surface area is 125 Å². The average Bonchev–Trinajstić information content (AvgIpc) is 2.43. The first-order chi connectivity index (χ1) is 9.85. The Morgan fingerprint density at radius 1 is 1.19 bits per heavy atom. The Balaban J connectivity index is 2.50. The lowest BCUT2D eigenvalue weighted by Gasteiger charge is -2.11. The molecule has 0 aromatic heterocycles. The molecule has 2 aromatic carbocycles. The summed E-state index contributed by atoms with van der Waals surface area (Å²) in [6, 6.07) is 7.07. The molecule has 0 saturated heterocycles. The van der Waals surface area contributed by atoms with Crippen LogP contribution in [0.5, 0.6) is 0 Å². The summed E-state index contributed by atoms with van der Waals surface area (Å²) in [5.74, 6) is -1.93. The summed E-state index contributed by atoms with van der Waals surface area (Å²) in [5.41, 5.74) is -0.584. The van der Waals surface area contributed by atoms with Crippen LogP contribution in [0.3, 0.4) is 0 Å². The van der Waals surface area contributed by atoms with Crippen molar-refractivity contribution in [3.05, 3.63) is 58.6 Å². The van der Waals surface area contributed by atoms with E-state index in [1.807, 2.05) is 4.72 Å². The number of hydrogen-bond acceptors (Lipinski definition) is 3. The van der Waals surface area contributed by atoms with Crippen molar-refractivity contribution in [2.24, 2.45) is 0 Å². The van der Waals surface area contributed by atoms with Gasteiger partial charge in [0.2, 0.25) is 0 Å². The molecule has 4 nitrogen and oxygen atoms in total. The van der Waals surface area contributed by atoms with Crippen molar-refractivity contribution in [2.75, 3.05) is 4.72 Å². The summed E-state index contributed by atoms with van der Waals surface area (Å²) in [5, 5.41) is 8.93. The molecule has 0 heterocycles. The quantitative estimate of drug-likeness (QED) is 0.904. The molecular weight excluding hydrogens is 324 g/mol. The molecule has 0 aliphatic heterocycles. The van der Waals surface area contributed by atoms with Crippen LogP contribution in [0, 0.1) is 11.6 Å². The number of aliphatic hydroxyl groups excluding tert-OH is 1. The van der Waals surface area contributed by atoms with Gasteiger partial charge >= 0.3 is 0 Å². The number of para-hydroxylation sites is 1. The number of nitrogens with one attached hydrogen (secondary N) is 1. The predicted molar refractivity (Wildman–Crippen MR) is 74.5 cm³/mol. The molecule has 0 aliphatic rings. The van der Waals surface area contributed by atoms with E-state index < -0.39 is 33.2 Å². The van der Waals surface area contributed by atoms with E-state index in [9.17, 15) is 17.2 Å². The van der Waals surface area contributed by atoms with Gasteiger partial charge in [-0.15, -0.1) is 0 Å². The lowest BCUT2D eigenvalue weighted by atomic mass is 10.2. The van der Waals surface area contributed by atoms with Gasteiger partial charge in [0, 0.05) is 10.6 Å². The molecule has 0 bridgehead atoms. The average molecular weight is 334 g/mol. The van der Waals surface area contributed by atoms with Crippen molar-refractivity contribution < 1.29 is 22.3 Å². The third-order valence-corrected chi connectivity index (χ3v) is 4.24. The molecule has 112 valence electrons. The van der Waals surface area contributed by atoms with Crippen molar-refractivity contribution >= 4 is 27.3 Å². The van der Waals surface area contributed by atoms with Crippen LogP contribution in [0.1, 0.15) is 5.56 Å². The Kier molecular flexibility index (Phi) is 4.46. The van der Waals surface area contributed by atoms with Crippen LogP contribution < -0.4 is 4.72 Å². The number of benzene rings is 2. The Morgan fingerprint density at radius 3 is 2.48 bits per heavy atom. The van der Waals surface area contributed by atoms with Gasteiger partial charge in [-0.25, -0.2) is 17.2 Å². The van der Waals surface area contributed by atoms with Crippen molar-refractivity contribution in [3.8, 4) is 0 Å². The molecule has 0 atom stereocenters. The topological polar surface area (TPSA) is 66.4 Å². The Bertz CT molecular complexity index is 781. The molecule has 0 amide bonds. The van der Waals surface area contributed by atoms with Crippen LogP contribution in [0.25, 0.3) is 0 Å². The molecule has 0 fully saturated rings. The second-order valence-corrected chi connectivity index (χ2v) is 6.21. The summed E-state index contributed by atoms with van der Waals surface area (Å²) in [4.78, 5) is -0.762. The van der Waals surface area contributed by atoms with Gasteiger partial charge in [0.1, 0.15) is 16.5 Å². The lowest BCUT2D eigenvalue weighted by Crippen LogP contribution is -2.16. The lowest BCUT2D eigenvalue weighted by molar-refractivity contribution is 0.274.